The van der Waals surface area contributed by atoms with Crippen molar-refractivity contribution in [1.29, 1.82) is 0 Å². The molecule has 0 fully saturated rings. The van der Waals surface area contributed by atoms with Crippen LogP contribution in [-0.2, 0) is 12.1 Å². The molecule has 0 bridgehead atoms. The van der Waals surface area contributed by atoms with Crippen LogP contribution in [0.15, 0.2) is 40.5 Å². The molecule has 2 N–H and O–H groups in total. The molecule has 3 aromatic heterocycles. The Bertz CT molecular complexity index is 672. The molecule has 0 aliphatic carbocycles. The molecule has 0 saturated heterocycles. The molecular weight excluding hydrogens is 320 g/mol. The molecule has 0 spiro atoms. The molecule has 3 heterocycles. The Kier molecular flexibility index (Phi) is 4.51. The maximum Gasteiger partial charge on any atom is 0.124 e. The molecule has 0 aliphatic heterocycles. The molecule has 0 aliphatic rings. The first kappa shape index (κ1) is 14.9. The zero-order valence-electron chi connectivity index (χ0n) is 11.6. The molecule has 0 amide bonds. The second-order valence-corrected chi connectivity index (χ2v) is 7.84. The molecule has 3 rings (SSSR count). The van der Waals surface area contributed by atoms with Crippen LogP contribution in [0.5, 0.6) is 0 Å². The average Bonchev–Trinajstić information content (AvgIpc) is 3.20. The Morgan fingerprint density at radius 1 is 1.33 bits per heavy atom. The van der Waals surface area contributed by atoms with Crippen LogP contribution in [0.25, 0.3) is 10.6 Å². The number of nitrogens with zero attached hydrogens (tertiary/aromatic N) is 1. The summed E-state index contributed by atoms with van der Waals surface area (Å²) in [6, 6.07) is 6.01. The highest BCUT2D eigenvalue weighted by molar-refractivity contribution is 7.15. The maximum atomic E-state index is 10.4. The third-order valence-corrected chi connectivity index (χ3v) is 5.99. The van der Waals surface area contributed by atoms with Crippen LogP contribution in [0.2, 0.25) is 0 Å². The minimum absolute atomic E-state index is 0.527. The Balaban J connectivity index is 1.56. The van der Waals surface area contributed by atoms with E-state index in [4.69, 9.17) is 0 Å². The summed E-state index contributed by atoms with van der Waals surface area (Å²) in [5.41, 5.74) is 0.358. The van der Waals surface area contributed by atoms with Crippen LogP contribution in [0.3, 0.4) is 0 Å². The van der Waals surface area contributed by atoms with Crippen LogP contribution in [0, 0.1) is 0 Å². The molecular formula is C15H16N2OS3. The molecule has 110 valence electrons. The van der Waals surface area contributed by atoms with Crippen molar-refractivity contribution in [3.63, 3.8) is 0 Å². The highest BCUT2D eigenvalue weighted by atomic mass is 32.1. The summed E-state index contributed by atoms with van der Waals surface area (Å²) < 4.78 is 0. The van der Waals surface area contributed by atoms with Crippen molar-refractivity contribution < 1.29 is 5.11 Å². The molecule has 0 aromatic carbocycles. The van der Waals surface area contributed by atoms with Gasteiger partial charge in [0.15, 0.2) is 0 Å². The summed E-state index contributed by atoms with van der Waals surface area (Å²) in [5.74, 6) is 0. The van der Waals surface area contributed by atoms with Crippen molar-refractivity contribution in [3.8, 4) is 10.6 Å². The largest absolute Gasteiger partial charge is 0.383 e. The predicted molar refractivity (Wildman–Crippen MR) is 91.0 cm³/mol. The van der Waals surface area contributed by atoms with Gasteiger partial charge in [0, 0.05) is 40.0 Å². The fraction of sp³-hybridized carbons (Fsp3) is 0.267. The predicted octanol–water partition coefficient (Wildman–Crippen LogP) is 3.93. The van der Waals surface area contributed by atoms with E-state index in [1.165, 1.54) is 10.4 Å². The minimum Gasteiger partial charge on any atom is -0.383 e. The van der Waals surface area contributed by atoms with Crippen molar-refractivity contribution in [2.75, 3.05) is 6.54 Å². The third-order valence-electron chi connectivity index (χ3n) is 3.14. The first-order valence-corrected chi connectivity index (χ1v) is 9.23. The molecule has 3 aromatic rings. The number of rotatable bonds is 6. The first-order chi connectivity index (χ1) is 10.1. The van der Waals surface area contributed by atoms with E-state index >= 15 is 0 Å². The zero-order chi connectivity index (χ0) is 14.7. The number of thiazole rings is 1. The van der Waals surface area contributed by atoms with Crippen LogP contribution in [0.4, 0.5) is 0 Å². The van der Waals surface area contributed by atoms with Gasteiger partial charge in [0.25, 0.3) is 0 Å². The standard InChI is InChI=1S/C15H16N2OS3/c1-15(18,13-3-2-5-20-13)10-16-7-12-8-17-14(21-12)11-4-6-19-9-11/h2-6,8-9,16,18H,7,10H2,1H3. The van der Waals surface area contributed by atoms with E-state index in [1.54, 1.807) is 34.0 Å². The van der Waals surface area contributed by atoms with E-state index in [2.05, 4.69) is 27.1 Å². The lowest BCUT2D eigenvalue weighted by atomic mass is 10.1. The highest BCUT2D eigenvalue weighted by Gasteiger charge is 2.23. The van der Waals surface area contributed by atoms with Gasteiger partial charge in [-0.3, -0.25) is 0 Å². The van der Waals surface area contributed by atoms with Gasteiger partial charge in [-0.2, -0.15) is 11.3 Å². The Morgan fingerprint density at radius 2 is 2.24 bits per heavy atom. The van der Waals surface area contributed by atoms with Crippen LogP contribution in [-0.4, -0.2) is 16.6 Å². The normalized spacial score (nSPS) is 14.2. The van der Waals surface area contributed by atoms with Gasteiger partial charge in [-0.05, 0) is 29.8 Å². The lowest BCUT2D eigenvalue weighted by molar-refractivity contribution is 0.0605. The molecule has 0 saturated carbocycles. The van der Waals surface area contributed by atoms with Gasteiger partial charge in [-0.15, -0.1) is 22.7 Å². The maximum absolute atomic E-state index is 10.4. The number of hydrogen-bond acceptors (Lipinski definition) is 6. The van der Waals surface area contributed by atoms with E-state index < -0.39 is 5.60 Å². The van der Waals surface area contributed by atoms with E-state index in [0.717, 1.165) is 16.4 Å². The summed E-state index contributed by atoms with van der Waals surface area (Å²) in [6.07, 6.45) is 1.91. The van der Waals surface area contributed by atoms with Gasteiger partial charge < -0.3 is 10.4 Å². The summed E-state index contributed by atoms with van der Waals surface area (Å²) in [6.45, 7) is 3.10. The van der Waals surface area contributed by atoms with Crippen molar-refractivity contribution in [3.05, 3.63) is 50.3 Å². The van der Waals surface area contributed by atoms with Crippen LogP contribution in [0.1, 0.15) is 16.7 Å². The topological polar surface area (TPSA) is 45.1 Å². The molecule has 1 atom stereocenters. The van der Waals surface area contributed by atoms with Crippen molar-refractivity contribution in [1.82, 2.24) is 10.3 Å². The second-order valence-electron chi connectivity index (χ2n) is 5.00. The molecule has 1 unspecified atom stereocenters. The third kappa shape index (κ3) is 3.59. The summed E-state index contributed by atoms with van der Waals surface area (Å²) >= 11 is 4.96. The number of thiophene rings is 2. The first-order valence-electron chi connectivity index (χ1n) is 6.59. The quantitative estimate of drug-likeness (QED) is 0.717. The summed E-state index contributed by atoms with van der Waals surface area (Å²) in [7, 11) is 0. The Hall–Kier alpha value is -1.05. The molecule has 6 heteroatoms. The van der Waals surface area contributed by atoms with Crippen LogP contribution < -0.4 is 5.32 Å². The SMILES string of the molecule is CC(O)(CNCc1cnc(-c2ccsc2)s1)c1cccs1. The van der Waals surface area contributed by atoms with E-state index in [9.17, 15) is 5.11 Å². The van der Waals surface area contributed by atoms with E-state index in [0.29, 0.717) is 6.54 Å². The average molecular weight is 337 g/mol. The van der Waals surface area contributed by atoms with Crippen molar-refractivity contribution in [2.24, 2.45) is 0 Å². The minimum atomic E-state index is -0.824. The Morgan fingerprint density at radius 3 is 2.95 bits per heavy atom. The number of aromatic nitrogens is 1. The molecule has 21 heavy (non-hydrogen) atoms. The van der Waals surface area contributed by atoms with E-state index in [1.807, 2.05) is 30.6 Å². The fourth-order valence-corrected chi connectivity index (χ4v) is 4.39. The lowest BCUT2D eigenvalue weighted by Crippen LogP contribution is -2.34. The van der Waals surface area contributed by atoms with E-state index in [-0.39, 0.29) is 0 Å². The number of aliphatic hydroxyl groups is 1. The molecule has 0 radical (unpaired) electrons. The van der Waals surface area contributed by atoms with Gasteiger partial charge >= 0.3 is 0 Å². The number of hydrogen-bond donors (Lipinski definition) is 2. The van der Waals surface area contributed by atoms with Gasteiger partial charge in [0.2, 0.25) is 0 Å². The van der Waals surface area contributed by atoms with Crippen molar-refractivity contribution >= 4 is 34.0 Å². The summed E-state index contributed by atoms with van der Waals surface area (Å²) in [4.78, 5) is 6.61. The van der Waals surface area contributed by atoms with Crippen molar-refractivity contribution in [2.45, 2.75) is 19.1 Å². The van der Waals surface area contributed by atoms with Gasteiger partial charge in [0.05, 0.1) is 0 Å². The lowest BCUT2D eigenvalue weighted by Gasteiger charge is -2.22. The second kappa shape index (κ2) is 6.37. The molecule has 3 nitrogen and oxygen atoms in total. The monoisotopic (exact) mass is 336 g/mol. The fourth-order valence-electron chi connectivity index (χ4n) is 2.01. The van der Waals surface area contributed by atoms with Gasteiger partial charge in [-0.25, -0.2) is 4.98 Å². The van der Waals surface area contributed by atoms with Crippen LogP contribution >= 0.6 is 34.0 Å². The van der Waals surface area contributed by atoms with Gasteiger partial charge in [0.1, 0.15) is 10.6 Å². The summed E-state index contributed by atoms with van der Waals surface area (Å²) in [5, 5.41) is 21.0. The van der Waals surface area contributed by atoms with Gasteiger partial charge in [-0.1, -0.05) is 6.07 Å². The smallest absolute Gasteiger partial charge is 0.124 e. The Labute approximate surface area is 135 Å². The zero-order valence-corrected chi connectivity index (χ0v) is 14.0. The number of nitrogens with one attached hydrogen (secondary N) is 1. The highest BCUT2D eigenvalue weighted by Crippen LogP contribution is 2.27.